The number of nitrogens with one attached hydrogen (secondary N) is 2. The number of amides is 1. The average Bonchev–Trinajstić information content (AvgIpc) is 2.48. The fourth-order valence-corrected chi connectivity index (χ4v) is 1.90. The molecule has 0 aromatic heterocycles. The smallest absolute Gasteiger partial charge is 0.407 e. The van der Waals surface area contributed by atoms with Crippen LogP contribution in [0.3, 0.4) is 0 Å². The molecule has 132 valence electrons. The fraction of sp³-hybridized carbons (Fsp3) is 0.500. The van der Waals surface area contributed by atoms with Crippen LogP contribution in [0, 0.1) is 10.1 Å². The highest BCUT2D eigenvalue weighted by molar-refractivity contribution is 5.79. The van der Waals surface area contributed by atoms with Crippen molar-refractivity contribution in [1.29, 1.82) is 0 Å². The molecule has 0 saturated heterocycles. The number of hydrogen-bond donors (Lipinski definition) is 2. The molecule has 0 radical (unpaired) electrons. The van der Waals surface area contributed by atoms with Crippen LogP contribution in [0.2, 0.25) is 0 Å². The molecule has 0 atom stereocenters. The van der Waals surface area contributed by atoms with Gasteiger partial charge in [0, 0.05) is 24.7 Å². The highest BCUT2D eigenvalue weighted by atomic mass is 16.6. The van der Waals surface area contributed by atoms with Gasteiger partial charge < -0.3 is 15.4 Å². The van der Waals surface area contributed by atoms with E-state index in [1.54, 1.807) is 20.8 Å². The number of anilines is 1. The summed E-state index contributed by atoms with van der Waals surface area (Å²) in [4.78, 5) is 32.6. The van der Waals surface area contributed by atoms with Crippen LogP contribution < -0.4 is 10.6 Å². The van der Waals surface area contributed by atoms with Crippen LogP contribution in [0.1, 0.15) is 44.0 Å². The number of benzene rings is 1. The number of ether oxygens (including phenoxy) is 1. The van der Waals surface area contributed by atoms with Crippen LogP contribution in [0.4, 0.5) is 16.2 Å². The van der Waals surface area contributed by atoms with Crippen molar-refractivity contribution < 1.29 is 19.2 Å². The maximum atomic E-state index is 11.4. The zero-order valence-corrected chi connectivity index (χ0v) is 14.1. The lowest BCUT2D eigenvalue weighted by molar-refractivity contribution is -0.384. The van der Waals surface area contributed by atoms with E-state index in [1.807, 2.05) is 0 Å². The summed E-state index contributed by atoms with van der Waals surface area (Å²) < 4.78 is 5.11. The maximum Gasteiger partial charge on any atom is 0.407 e. The summed E-state index contributed by atoms with van der Waals surface area (Å²) in [7, 11) is 0. The number of hydrogen-bond acceptors (Lipinski definition) is 6. The Morgan fingerprint density at radius 3 is 2.54 bits per heavy atom. The SMILES string of the molecule is CC(C)(C)OC(=O)NCCCCNc1ccc(C=O)cc1[N+](=O)[O-]. The number of carbonyl (C=O) groups excluding carboxylic acids is 2. The first-order valence-corrected chi connectivity index (χ1v) is 7.67. The first kappa shape index (κ1) is 19.4. The maximum absolute atomic E-state index is 11.4. The van der Waals surface area contributed by atoms with Gasteiger partial charge in [-0.3, -0.25) is 14.9 Å². The molecule has 1 amide bonds. The van der Waals surface area contributed by atoms with E-state index in [0.717, 1.165) is 0 Å². The van der Waals surface area contributed by atoms with Gasteiger partial charge >= 0.3 is 6.09 Å². The van der Waals surface area contributed by atoms with Crippen molar-refractivity contribution in [2.75, 3.05) is 18.4 Å². The Hall–Kier alpha value is -2.64. The molecule has 2 N–H and O–H groups in total. The first-order chi connectivity index (χ1) is 11.2. The predicted octanol–water partition coefficient (Wildman–Crippen LogP) is 3.12. The zero-order chi connectivity index (χ0) is 18.2. The third kappa shape index (κ3) is 7.08. The number of nitrogens with zero attached hydrogens (tertiary/aromatic N) is 1. The number of nitro benzene ring substituents is 1. The van der Waals surface area contributed by atoms with E-state index in [9.17, 15) is 19.7 Å². The van der Waals surface area contributed by atoms with Crippen LogP contribution in [-0.4, -0.2) is 36.0 Å². The number of nitro groups is 1. The number of aldehydes is 1. The molecule has 0 unspecified atom stereocenters. The van der Waals surface area contributed by atoms with E-state index in [0.29, 0.717) is 37.9 Å². The second-order valence-electron chi connectivity index (χ2n) is 6.21. The molecule has 0 heterocycles. The van der Waals surface area contributed by atoms with Gasteiger partial charge in [0.1, 0.15) is 17.6 Å². The van der Waals surface area contributed by atoms with E-state index in [2.05, 4.69) is 10.6 Å². The molecule has 0 aliphatic carbocycles. The number of alkyl carbamates (subject to hydrolysis) is 1. The van der Waals surface area contributed by atoms with Crippen LogP contribution in [0.15, 0.2) is 18.2 Å². The van der Waals surface area contributed by atoms with Crippen molar-refractivity contribution in [2.45, 2.75) is 39.2 Å². The van der Waals surface area contributed by atoms with Gasteiger partial charge in [-0.25, -0.2) is 4.79 Å². The van der Waals surface area contributed by atoms with Crippen LogP contribution >= 0.6 is 0 Å². The van der Waals surface area contributed by atoms with Gasteiger partial charge in [0.15, 0.2) is 0 Å². The van der Waals surface area contributed by atoms with Crippen molar-refractivity contribution in [1.82, 2.24) is 5.32 Å². The third-order valence-electron chi connectivity index (χ3n) is 2.94. The van der Waals surface area contributed by atoms with Crippen LogP contribution in [0.25, 0.3) is 0 Å². The summed E-state index contributed by atoms with van der Waals surface area (Å²) in [6, 6.07) is 4.27. The Kier molecular flexibility index (Phi) is 7.16. The predicted molar refractivity (Wildman–Crippen MR) is 90.4 cm³/mol. The summed E-state index contributed by atoms with van der Waals surface area (Å²) in [6.45, 7) is 6.35. The Morgan fingerprint density at radius 2 is 1.96 bits per heavy atom. The number of carbonyl (C=O) groups is 2. The number of rotatable bonds is 8. The molecule has 0 fully saturated rings. The first-order valence-electron chi connectivity index (χ1n) is 7.67. The molecule has 8 nitrogen and oxygen atoms in total. The number of unbranched alkanes of at least 4 members (excludes halogenated alkanes) is 1. The van der Waals surface area contributed by atoms with Gasteiger partial charge in [-0.15, -0.1) is 0 Å². The van der Waals surface area contributed by atoms with Gasteiger partial charge in [0.05, 0.1) is 4.92 Å². The van der Waals surface area contributed by atoms with Crippen molar-refractivity contribution >= 4 is 23.8 Å². The Bertz CT molecular complexity index is 596. The lowest BCUT2D eigenvalue weighted by Gasteiger charge is -2.19. The molecule has 8 heteroatoms. The van der Waals surface area contributed by atoms with Crippen molar-refractivity contribution in [3.63, 3.8) is 0 Å². The minimum Gasteiger partial charge on any atom is -0.444 e. The lowest BCUT2D eigenvalue weighted by Crippen LogP contribution is -2.33. The Labute approximate surface area is 140 Å². The van der Waals surface area contributed by atoms with Gasteiger partial charge in [-0.1, -0.05) is 0 Å². The molecule has 0 spiro atoms. The highest BCUT2D eigenvalue weighted by Crippen LogP contribution is 2.24. The second-order valence-corrected chi connectivity index (χ2v) is 6.21. The molecule has 1 rings (SSSR count). The van der Waals surface area contributed by atoms with E-state index >= 15 is 0 Å². The highest BCUT2D eigenvalue weighted by Gasteiger charge is 2.16. The molecule has 0 aliphatic rings. The minimum absolute atomic E-state index is 0.133. The summed E-state index contributed by atoms with van der Waals surface area (Å²) in [5.74, 6) is 0. The summed E-state index contributed by atoms with van der Waals surface area (Å²) in [6.07, 6.45) is 1.52. The Morgan fingerprint density at radius 1 is 1.29 bits per heavy atom. The van der Waals surface area contributed by atoms with E-state index < -0.39 is 16.6 Å². The van der Waals surface area contributed by atoms with E-state index in [1.165, 1.54) is 18.2 Å². The largest absolute Gasteiger partial charge is 0.444 e. The van der Waals surface area contributed by atoms with Crippen molar-refractivity contribution in [2.24, 2.45) is 0 Å². The normalized spacial score (nSPS) is 10.8. The second kappa shape index (κ2) is 8.85. The lowest BCUT2D eigenvalue weighted by atomic mass is 10.2. The molecule has 0 saturated carbocycles. The molecule has 1 aromatic rings. The molecular formula is C16H23N3O5. The molecule has 0 aliphatic heterocycles. The summed E-state index contributed by atoms with van der Waals surface area (Å²) in [5.41, 5.74) is -0.0379. The standard InChI is InChI=1S/C16H23N3O5/c1-16(2,3)24-15(21)18-9-5-4-8-17-13-7-6-12(11-20)10-14(13)19(22)23/h6-7,10-11,17H,4-5,8-9H2,1-3H3,(H,18,21). The van der Waals surface area contributed by atoms with Gasteiger partial charge in [-0.2, -0.15) is 0 Å². The third-order valence-corrected chi connectivity index (χ3v) is 2.94. The monoisotopic (exact) mass is 337 g/mol. The zero-order valence-electron chi connectivity index (χ0n) is 14.1. The van der Waals surface area contributed by atoms with Gasteiger partial charge in [0.2, 0.25) is 0 Å². The molecule has 1 aromatic carbocycles. The summed E-state index contributed by atoms with van der Waals surface area (Å²) in [5, 5.41) is 16.6. The molecular weight excluding hydrogens is 314 g/mol. The van der Waals surface area contributed by atoms with E-state index in [4.69, 9.17) is 4.74 Å². The minimum atomic E-state index is -0.530. The average molecular weight is 337 g/mol. The Balaban J connectivity index is 2.34. The topological polar surface area (TPSA) is 111 Å². The van der Waals surface area contributed by atoms with Crippen LogP contribution in [-0.2, 0) is 4.74 Å². The van der Waals surface area contributed by atoms with Crippen molar-refractivity contribution in [3.05, 3.63) is 33.9 Å². The fourth-order valence-electron chi connectivity index (χ4n) is 1.90. The van der Waals surface area contributed by atoms with Crippen molar-refractivity contribution in [3.8, 4) is 0 Å². The van der Waals surface area contributed by atoms with Gasteiger partial charge in [0.25, 0.3) is 5.69 Å². The molecule has 0 bridgehead atoms. The quantitative estimate of drug-likeness (QED) is 0.326. The van der Waals surface area contributed by atoms with Crippen LogP contribution in [0.5, 0.6) is 0 Å². The van der Waals surface area contributed by atoms with E-state index in [-0.39, 0.29) is 11.3 Å². The summed E-state index contributed by atoms with van der Waals surface area (Å²) >= 11 is 0. The molecule has 24 heavy (non-hydrogen) atoms. The van der Waals surface area contributed by atoms with Gasteiger partial charge in [-0.05, 0) is 45.7 Å².